The molecule has 0 spiro atoms. The van der Waals surface area contributed by atoms with Crippen LogP contribution in [-0.4, -0.2) is 61.1 Å². The van der Waals surface area contributed by atoms with E-state index >= 15 is 0 Å². The van der Waals surface area contributed by atoms with Crippen molar-refractivity contribution in [1.82, 2.24) is 35.1 Å². The van der Waals surface area contributed by atoms with Gasteiger partial charge in [0.05, 0.1) is 17.3 Å². The summed E-state index contributed by atoms with van der Waals surface area (Å²) in [5.74, 6) is 2.08. The Morgan fingerprint density at radius 2 is 2.41 bits per heavy atom. The molecule has 1 N–H and O–H groups in total. The van der Waals surface area contributed by atoms with Crippen LogP contribution in [-0.2, 0) is 18.4 Å². The predicted molar refractivity (Wildman–Crippen MR) is 110 cm³/mol. The van der Waals surface area contributed by atoms with Gasteiger partial charge in [0, 0.05) is 25.9 Å². The van der Waals surface area contributed by atoms with Crippen LogP contribution in [0, 0.1) is 5.92 Å². The van der Waals surface area contributed by atoms with Crippen LogP contribution in [0.4, 0.5) is 0 Å². The minimum atomic E-state index is -0.0109. The molecular formula is C18H23N7O2S2. The van der Waals surface area contributed by atoms with Crippen molar-refractivity contribution in [2.45, 2.75) is 24.5 Å². The standard InChI is InChI=1S/C18H23N7O2S2/c1-24-12-20-22-18(24)29-9-6-19-17(26)13-4-2-7-25(10-13)11-15-21-16(23-27-15)14-5-3-8-28-14/h3,5,8,12-13H,2,4,6-7,9-11H2,1H3,(H,19,26)/t13-/m1/s1. The van der Waals surface area contributed by atoms with Crippen molar-refractivity contribution in [2.24, 2.45) is 13.0 Å². The smallest absolute Gasteiger partial charge is 0.241 e. The maximum absolute atomic E-state index is 12.6. The first-order chi connectivity index (χ1) is 14.2. The molecule has 0 bridgehead atoms. The molecule has 154 valence electrons. The minimum absolute atomic E-state index is 0.0109. The number of carbonyl (C=O) groups excluding carboxylic acids is 1. The van der Waals surface area contributed by atoms with Gasteiger partial charge in [-0.05, 0) is 30.8 Å². The number of aryl methyl sites for hydroxylation is 1. The van der Waals surface area contributed by atoms with Crippen molar-refractivity contribution in [2.75, 3.05) is 25.4 Å². The van der Waals surface area contributed by atoms with Gasteiger partial charge in [-0.3, -0.25) is 9.69 Å². The summed E-state index contributed by atoms with van der Waals surface area (Å²) >= 11 is 3.17. The minimum Gasteiger partial charge on any atom is -0.355 e. The molecule has 4 rings (SSSR count). The van der Waals surface area contributed by atoms with E-state index < -0.39 is 0 Å². The summed E-state index contributed by atoms with van der Waals surface area (Å²) < 4.78 is 7.27. The number of nitrogens with zero attached hydrogens (tertiary/aromatic N) is 6. The lowest BCUT2D eigenvalue weighted by Crippen LogP contribution is -2.43. The van der Waals surface area contributed by atoms with Gasteiger partial charge in [-0.25, -0.2) is 0 Å². The number of rotatable bonds is 8. The summed E-state index contributed by atoms with van der Waals surface area (Å²) in [6.07, 6.45) is 3.56. The fourth-order valence-corrected chi connectivity index (χ4v) is 4.69. The third kappa shape index (κ3) is 5.22. The van der Waals surface area contributed by atoms with Crippen LogP contribution in [0.5, 0.6) is 0 Å². The van der Waals surface area contributed by atoms with Crippen molar-refractivity contribution in [3.8, 4) is 10.7 Å². The van der Waals surface area contributed by atoms with Crippen molar-refractivity contribution >= 4 is 29.0 Å². The normalized spacial score (nSPS) is 17.5. The Morgan fingerprint density at radius 3 is 3.21 bits per heavy atom. The molecule has 0 aromatic carbocycles. The molecule has 3 aromatic heterocycles. The van der Waals surface area contributed by atoms with Gasteiger partial charge in [0.1, 0.15) is 6.33 Å². The molecule has 1 amide bonds. The van der Waals surface area contributed by atoms with Gasteiger partial charge >= 0.3 is 0 Å². The monoisotopic (exact) mass is 433 g/mol. The zero-order chi connectivity index (χ0) is 20.1. The molecule has 29 heavy (non-hydrogen) atoms. The maximum atomic E-state index is 12.6. The Hall–Kier alpha value is -2.24. The second kappa shape index (κ2) is 9.51. The van der Waals surface area contributed by atoms with E-state index in [-0.39, 0.29) is 11.8 Å². The third-order valence-corrected chi connectivity index (χ3v) is 6.65. The summed E-state index contributed by atoms with van der Waals surface area (Å²) in [6.45, 7) is 2.83. The van der Waals surface area contributed by atoms with E-state index in [1.165, 1.54) is 0 Å². The SMILES string of the molecule is Cn1cnnc1SCCNC(=O)[C@@H]1CCCN(Cc2nc(-c3cccs3)no2)C1. The summed E-state index contributed by atoms with van der Waals surface area (Å²) in [6, 6.07) is 3.94. The van der Waals surface area contributed by atoms with Crippen LogP contribution >= 0.6 is 23.1 Å². The van der Waals surface area contributed by atoms with E-state index in [9.17, 15) is 4.79 Å². The first-order valence-electron chi connectivity index (χ1n) is 9.52. The highest BCUT2D eigenvalue weighted by Gasteiger charge is 2.26. The highest BCUT2D eigenvalue weighted by Crippen LogP contribution is 2.23. The number of thiophene rings is 1. The summed E-state index contributed by atoms with van der Waals surface area (Å²) in [7, 11) is 1.91. The number of amides is 1. The topological polar surface area (TPSA) is 102 Å². The van der Waals surface area contributed by atoms with Crippen LogP contribution < -0.4 is 5.32 Å². The molecule has 0 radical (unpaired) electrons. The molecule has 1 saturated heterocycles. The molecular weight excluding hydrogens is 410 g/mol. The zero-order valence-electron chi connectivity index (χ0n) is 16.2. The lowest BCUT2D eigenvalue weighted by atomic mass is 9.97. The van der Waals surface area contributed by atoms with Crippen LogP contribution in [0.1, 0.15) is 18.7 Å². The summed E-state index contributed by atoms with van der Waals surface area (Å²) in [4.78, 5) is 20.2. The number of aromatic nitrogens is 5. The molecule has 1 aliphatic rings. The summed E-state index contributed by atoms with van der Waals surface area (Å²) in [5.41, 5.74) is 0. The molecule has 1 fully saturated rings. The van der Waals surface area contributed by atoms with Gasteiger partial charge in [-0.15, -0.1) is 21.5 Å². The Balaban J connectivity index is 1.22. The molecule has 3 aromatic rings. The average Bonchev–Trinajstić information content (AvgIpc) is 3.48. The summed E-state index contributed by atoms with van der Waals surface area (Å²) in [5, 5.41) is 17.8. The molecule has 0 aliphatic carbocycles. The van der Waals surface area contributed by atoms with Gasteiger partial charge in [0.2, 0.25) is 17.6 Å². The van der Waals surface area contributed by atoms with E-state index in [1.54, 1.807) is 29.4 Å². The second-order valence-corrected chi connectivity index (χ2v) is 8.94. The molecule has 11 heteroatoms. The number of thioether (sulfide) groups is 1. The van der Waals surface area contributed by atoms with Gasteiger partial charge in [0.15, 0.2) is 5.16 Å². The van der Waals surface area contributed by atoms with Crippen LogP contribution in [0.15, 0.2) is 33.5 Å². The number of carbonyl (C=O) groups is 1. The Labute approximate surface area is 176 Å². The quantitative estimate of drug-likeness (QED) is 0.425. The second-order valence-electron chi connectivity index (χ2n) is 6.93. The number of likely N-dealkylation sites (tertiary alicyclic amines) is 1. The predicted octanol–water partition coefficient (Wildman–Crippen LogP) is 2.05. The number of hydrogen-bond donors (Lipinski definition) is 1. The Kier molecular flexibility index (Phi) is 6.57. The fraction of sp³-hybridized carbons (Fsp3) is 0.500. The third-order valence-electron chi connectivity index (χ3n) is 4.75. The molecule has 1 aliphatic heterocycles. The Morgan fingerprint density at radius 1 is 1.48 bits per heavy atom. The van der Waals surface area contributed by atoms with Crippen molar-refractivity contribution in [3.05, 3.63) is 29.7 Å². The average molecular weight is 434 g/mol. The van der Waals surface area contributed by atoms with Crippen molar-refractivity contribution in [1.29, 1.82) is 0 Å². The van der Waals surface area contributed by atoms with Crippen LogP contribution in [0.25, 0.3) is 10.7 Å². The first-order valence-corrected chi connectivity index (χ1v) is 11.4. The van der Waals surface area contributed by atoms with Crippen LogP contribution in [0.3, 0.4) is 0 Å². The number of hydrogen-bond acceptors (Lipinski definition) is 9. The lowest BCUT2D eigenvalue weighted by Gasteiger charge is -2.30. The van der Waals surface area contributed by atoms with Gasteiger partial charge in [-0.1, -0.05) is 23.0 Å². The van der Waals surface area contributed by atoms with Gasteiger partial charge < -0.3 is 14.4 Å². The highest BCUT2D eigenvalue weighted by molar-refractivity contribution is 7.99. The fourth-order valence-electron chi connectivity index (χ4n) is 3.29. The molecule has 0 unspecified atom stereocenters. The number of piperidine rings is 1. The molecule has 9 nitrogen and oxygen atoms in total. The van der Waals surface area contributed by atoms with Gasteiger partial charge in [-0.2, -0.15) is 4.98 Å². The number of nitrogens with one attached hydrogen (secondary N) is 1. The maximum Gasteiger partial charge on any atom is 0.241 e. The van der Waals surface area contributed by atoms with Crippen molar-refractivity contribution < 1.29 is 9.32 Å². The van der Waals surface area contributed by atoms with E-state index in [0.717, 1.165) is 35.2 Å². The largest absolute Gasteiger partial charge is 0.355 e. The van der Waals surface area contributed by atoms with Crippen molar-refractivity contribution in [3.63, 3.8) is 0 Å². The van der Waals surface area contributed by atoms with E-state index in [2.05, 4.69) is 30.6 Å². The highest BCUT2D eigenvalue weighted by atomic mass is 32.2. The first kappa shape index (κ1) is 20.0. The molecule has 1 atom stereocenters. The molecule has 0 saturated carbocycles. The van der Waals surface area contributed by atoms with E-state index in [1.807, 2.05) is 29.1 Å². The Bertz CT molecular complexity index is 924. The lowest BCUT2D eigenvalue weighted by molar-refractivity contribution is -0.126. The van der Waals surface area contributed by atoms with Crippen LogP contribution in [0.2, 0.25) is 0 Å². The van der Waals surface area contributed by atoms with E-state index in [4.69, 9.17) is 4.52 Å². The van der Waals surface area contributed by atoms with E-state index in [0.29, 0.717) is 31.3 Å². The van der Waals surface area contributed by atoms with Gasteiger partial charge in [0.25, 0.3) is 0 Å². The zero-order valence-corrected chi connectivity index (χ0v) is 17.8. The molecule has 4 heterocycles.